The Hall–Kier alpha value is -0.880. The molecule has 0 bridgehead atoms. The van der Waals surface area contributed by atoms with Crippen molar-refractivity contribution in [3.63, 3.8) is 0 Å². The quantitative estimate of drug-likeness (QED) is 0.797. The van der Waals surface area contributed by atoms with Crippen molar-refractivity contribution in [2.45, 2.75) is 51.1 Å². The molecule has 0 aromatic heterocycles. The first-order valence-electron chi connectivity index (χ1n) is 6.71. The van der Waals surface area contributed by atoms with Crippen molar-refractivity contribution in [2.24, 2.45) is 5.92 Å². The fourth-order valence-electron chi connectivity index (χ4n) is 3.42. The van der Waals surface area contributed by atoms with Gasteiger partial charge in [0.1, 0.15) is 6.04 Å². The van der Waals surface area contributed by atoms with Gasteiger partial charge in [0.15, 0.2) is 0 Å². The third-order valence-corrected chi connectivity index (χ3v) is 6.09. The molecule has 1 heterocycles. The minimum Gasteiger partial charge on any atom is -0.480 e. The summed E-state index contributed by atoms with van der Waals surface area (Å²) in [6.45, 7) is 5.29. The van der Waals surface area contributed by atoms with Crippen LogP contribution in [0.3, 0.4) is 0 Å². The van der Waals surface area contributed by atoms with Crippen LogP contribution in [0.25, 0.3) is 0 Å². The van der Waals surface area contributed by atoms with Gasteiger partial charge in [0.25, 0.3) is 0 Å². The second-order valence-corrected chi connectivity index (χ2v) is 7.62. The van der Waals surface area contributed by atoms with E-state index >= 15 is 0 Å². The van der Waals surface area contributed by atoms with Crippen molar-refractivity contribution in [2.75, 3.05) is 5.75 Å². The predicted octanol–water partition coefficient (Wildman–Crippen LogP) is 1.61. The number of carboxylic acids is 1. The molecule has 1 saturated carbocycles. The maximum absolute atomic E-state index is 12.4. The van der Waals surface area contributed by atoms with Gasteiger partial charge in [-0.1, -0.05) is 25.0 Å². The van der Waals surface area contributed by atoms with E-state index in [1.165, 1.54) is 4.31 Å². The third-order valence-electron chi connectivity index (χ3n) is 4.06. The SMILES string of the molecule is C=C(C)CS(=O)(=O)N1C(C(=O)O)CC2CCCCC21. The highest BCUT2D eigenvalue weighted by atomic mass is 32.2. The van der Waals surface area contributed by atoms with Crippen LogP contribution in [0.1, 0.15) is 39.0 Å². The summed E-state index contributed by atoms with van der Waals surface area (Å²) >= 11 is 0. The second-order valence-electron chi connectivity index (χ2n) is 5.74. The van der Waals surface area contributed by atoms with E-state index in [1.807, 2.05) is 0 Å². The van der Waals surface area contributed by atoms with Crippen molar-refractivity contribution in [1.82, 2.24) is 4.31 Å². The van der Waals surface area contributed by atoms with Crippen LogP contribution >= 0.6 is 0 Å². The number of aliphatic carboxylic acids is 1. The molecule has 1 N–H and O–H groups in total. The van der Waals surface area contributed by atoms with Crippen LogP contribution in [0, 0.1) is 5.92 Å². The van der Waals surface area contributed by atoms with Crippen LogP contribution in [0.4, 0.5) is 0 Å². The molecule has 5 nitrogen and oxygen atoms in total. The van der Waals surface area contributed by atoms with Gasteiger partial charge in [-0.25, -0.2) is 8.42 Å². The number of hydrogen-bond acceptors (Lipinski definition) is 3. The van der Waals surface area contributed by atoms with Crippen molar-refractivity contribution in [3.8, 4) is 0 Å². The molecule has 2 aliphatic rings. The Bertz CT molecular complexity index is 485. The number of hydrogen-bond donors (Lipinski definition) is 1. The molecule has 0 amide bonds. The molecular weight excluding hydrogens is 266 g/mol. The van der Waals surface area contributed by atoms with E-state index in [9.17, 15) is 18.3 Å². The summed E-state index contributed by atoms with van der Waals surface area (Å²) < 4.78 is 26.1. The summed E-state index contributed by atoms with van der Waals surface area (Å²) in [5.74, 6) is -0.977. The summed E-state index contributed by atoms with van der Waals surface area (Å²) in [5.41, 5.74) is 0.545. The van der Waals surface area contributed by atoms with Crippen LogP contribution < -0.4 is 0 Å². The van der Waals surface area contributed by atoms with E-state index in [4.69, 9.17) is 0 Å². The minimum atomic E-state index is -3.57. The first-order chi connectivity index (χ1) is 8.83. The molecule has 0 radical (unpaired) electrons. The van der Waals surface area contributed by atoms with E-state index in [0.717, 1.165) is 25.7 Å². The monoisotopic (exact) mass is 287 g/mol. The van der Waals surface area contributed by atoms with E-state index in [2.05, 4.69) is 6.58 Å². The summed E-state index contributed by atoms with van der Waals surface area (Å²) in [4.78, 5) is 11.4. The molecule has 2 fully saturated rings. The van der Waals surface area contributed by atoms with Gasteiger partial charge in [0.05, 0.1) is 5.75 Å². The molecule has 19 heavy (non-hydrogen) atoms. The molecule has 108 valence electrons. The van der Waals surface area contributed by atoms with Crippen LogP contribution in [0.15, 0.2) is 12.2 Å². The van der Waals surface area contributed by atoms with Crippen molar-refractivity contribution in [3.05, 3.63) is 12.2 Å². The van der Waals surface area contributed by atoms with Crippen LogP contribution in [-0.2, 0) is 14.8 Å². The van der Waals surface area contributed by atoms with Gasteiger partial charge in [-0.3, -0.25) is 4.79 Å². The Morgan fingerprint density at radius 1 is 1.37 bits per heavy atom. The molecule has 1 saturated heterocycles. The number of carbonyl (C=O) groups is 1. The van der Waals surface area contributed by atoms with Gasteiger partial charge in [-0.2, -0.15) is 4.31 Å². The Morgan fingerprint density at radius 2 is 2.00 bits per heavy atom. The lowest BCUT2D eigenvalue weighted by Crippen LogP contribution is -2.47. The summed E-state index contributed by atoms with van der Waals surface area (Å²) in [6.07, 6.45) is 4.22. The molecule has 0 aromatic carbocycles. The summed E-state index contributed by atoms with van der Waals surface area (Å²) in [7, 11) is -3.57. The van der Waals surface area contributed by atoms with Gasteiger partial charge >= 0.3 is 5.97 Å². The first-order valence-corrected chi connectivity index (χ1v) is 8.32. The summed E-state index contributed by atoms with van der Waals surface area (Å²) in [5, 5.41) is 9.30. The zero-order valence-corrected chi connectivity index (χ0v) is 12.0. The van der Waals surface area contributed by atoms with Gasteiger partial charge < -0.3 is 5.11 Å². The first kappa shape index (κ1) is 14.5. The lowest BCUT2D eigenvalue weighted by atomic mass is 9.85. The zero-order valence-electron chi connectivity index (χ0n) is 11.2. The number of rotatable bonds is 4. The smallest absolute Gasteiger partial charge is 0.322 e. The van der Waals surface area contributed by atoms with Gasteiger partial charge in [-0.15, -0.1) is 0 Å². The van der Waals surface area contributed by atoms with E-state index in [1.54, 1.807) is 6.92 Å². The standard InChI is InChI=1S/C13H21NO4S/c1-9(2)8-19(17,18)14-11-6-4-3-5-10(11)7-12(14)13(15)16/h10-12H,1,3-8H2,2H3,(H,15,16). The van der Waals surface area contributed by atoms with E-state index in [-0.39, 0.29) is 17.7 Å². The van der Waals surface area contributed by atoms with E-state index in [0.29, 0.717) is 12.0 Å². The second kappa shape index (κ2) is 5.25. The molecule has 1 aliphatic carbocycles. The van der Waals surface area contributed by atoms with Gasteiger partial charge in [0.2, 0.25) is 10.0 Å². The van der Waals surface area contributed by atoms with Crippen molar-refractivity contribution in [1.29, 1.82) is 0 Å². The molecule has 2 rings (SSSR count). The topological polar surface area (TPSA) is 74.7 Å². The zero-order chi connectivity index (χ0) is 14.2. The highest BCUT2D eigenvalue weighted by Crippen LogP contribution is 2.41. The average molecular weight is 287 g/mol. The lowest BCUT2D eigenvalue weighted by Gasteiger charge is -2.32. The van der Waals surface area contributed by atoms with Crippen LogP contribution in [0.2, 0.25) is 0 Å². The third kappa shape index (κ3) is 2.84. The number of nitrogens with zero attached hydrogens (tertiary/aromatic N) is 1. The molecule has 3 unspecified atom stereocenters. The Morgan fingerprint density at radius 3 is 2.58 bits per heavy atom. The highest BCUT2D eigenvalue weighted by Gasteiger charge is 2.50. The lowest BCUT2D eigenvalue weighted by molar-refractivity contribution is -0.140. The number of fused-ring (bicyclic) bond motifs is 1. The van der Waals surface area contributed by atoms with Gasteiger partial charge in [-0.05, 0) is 32.1 Å². The molecular formula is C13H21NO4S. The Labute approximate surface area is 114 Å². The van der Waals surface area contributed by atoms with Crippen LogP contribution in [0.5, 0.6) is 0 Å². The average Bonchev–Trinajstić information content (AvgIpc) is 2.66. The maximum Gasteiger partial charge on any atom is 0.322 e. The fraction of sp³-hybridized carbons (Fsp3) is 0.769. The molecule has 6 heteroatoms. The molecule has 0 aromatic rings. The molecule has 3 atom stereocenters. The minimum absolute atomic E-state index is 0.126. The number of carboxylic acid groups (broad SMARTS) is 1. The predicted molar refractivity (Wildman–Crippen MR) is 72.2 cm³/mol. The largest absolute Gasteiger partial charge is 0.480 e. The molecule has 1 aliphatic heterocycles. The van der Waals surface area contributed by atoms with Crippen molar-refractivity contribution >= 4 is 16.0 Å². The van der Waals surface area contributed by atoms with Gasteiger partial charge in [0, 0.05) is 6.04 Å². The molecule has 0 spiro atoms. The highest BCUT2D eigenvalue weighted by molar-refractivity contribution is 7.89. The fourth-order valence-corrected chi connectivity index (χ4v) is 5.44. The summed E-state index contributed by atoms with van der Waals surface area (Å²) in [6, 6.07) is -1.02. The Balaban J connectivity index is 2.32. The Kier molecular flexibility index (Phi) is 4.01. The van der Waals surface area contributed by atoms with E-state index < -0.39 is 22.0 Å². The maximum atomic E-state index is 12.4. The number of sulfonamides is 1. The normalized spacial score (nSPS) is 31.9. The van der Waals surface area contributed by atoms with Crippen molar-refractivity contribution < 1.29 is 18.3 Å². The van der Waals surface area contributed by atoms with Crippen LogP contribution in [-0.4, -0.2) is 41.6 Å².